The number of carbonyl (C=O) groups is 3. The average molecular weight is 462 g/mol. The second-order valence-corrected chi connectivity index (χ2v) is 7.32. The van der Waals surface area contributed by atoms with Crippen molar-refractivity contribution in [2.75, 3.05) is 30.0 Å². The molecule has 1 heterocycles. The van der Waals surface area contributed by atoms with Crippen LogP contribution in [0.4, 0.5) is 17.1 Å². The predicted molar refractivity (Wildman–Crippen MR) is 116 cm³/mol. The minimum Gasteiger partial charge on any atom is -0.494 e. The molecule has 1 fully saturated rings. The molecule has 0 radical (unpaired) electrons. The number of nitro groups is 1. The summed E-state index contributed by atoms with van der Waals surface area (Å²) in [5.74, 6) is -1.62. The van der Waals surface area contributed by atoms with Crippen molar-refractivity contribution in [2.24, 2.45) is 5.92 Å². The molecule has 1 saturated heterocycles. The molecule has 168 valence electrons. The lowest BCUT2D eigenvalue weighted by atomic mass is 10.1. The number of hydrogen-bond donors (Lipinski definition) is 1. The van der Waals surface area contributed by atoms with Gasteiger partial charge in [0.1, 0.15) is 10.8 Å². The van der Waals surface area contributed by atoms with Crippen LogP contribution in [0.1, 0.15) is 13.3 Å². The fraction of sp³-hybridized carbons (Fsp3) is 0.286. The van der Waals surface area contributed by atoms with Crippen molar-refractivity contribution >= 4 is 46.4 Å². The third-order valence-electron chi connectivity index (χ3n) is 4.69. The maximum Gasteiger partial charge on any atom is 0.311 e. The lowest BCUT2D eigenvalue weighted by molar-refractivity contribution is -0.384. The van der Waals surface area contributed by atoms with E-state index in [0.29, 0.717) is 18.0 Å². The van der Waals surface area contributed by atoms with Gasteiger partial charge in [-0.15, -0.1) is 0 Å². The molecule has 10 nitrogen and oxygen atoms in total. The lowest BCUT2D eigenvalue weighted by Crippen LogP contribution is -2.28. The summed E-state index contributed by atoms with van der Waals surface area (Å²) in [5.41, 5.74) is 0.413. The van der Waals surface area contributed by atoms with E-state index in [1.54, 1.807) is 24.3 Å². The van der Waals surface area contributed by atoms with Crippen LogP contribution < -0.4 is 15.0 Å². The Kier molecular flexibility index (Phi) is 7.26. The highest BCUT2D eigenvalue weighted by Crippen LogP contribution is 2.28. The Morgan fingerprint density at radius 1 is 1.25 bits per heavy atom. The van der Waals surface area contributed by atoms with Crippen LogP contribution in [0.3, 0.4) is 0 Å². The lowest BCUT2D eigenvalue weighted by Gasteiger charge is -2.17. The van der Waals surface area contributed by atoms with Gasteiger partial charge in [0, 0.05) is 30.4 Å². The van der Waals surface area contributed by atoms with Crippen LogP contribution in [0.25, 0.3) is 0 Å². The van der Waals surface area contributed by atoms with Gasteiger partial charge in [-0.05, 0) is 43.3 Å². The molecule has 2 amide bonds. The standard InChI is InChI=1S/C21H20ClN3O7/c1-2-31-16-6-4-15(5-7-16)24-11-13(9-20(24)27)21(28)32-12-19(26)23-14-3-8-17(22)18(10-14)25(29)30/h3-8,10,13H,2,9,11-12H2,1H3,(H,23,26). The van der Waals surface area contributed by atoms with Gasteiger partial charge in [0.25, 0.3) is 11.6 Å². The molecule has 0 aliphatic carbocycles. The summed E-state index contributed by atoms with van der Waals surface area (Å²) >= 11 is 5.73. The SMILES string of the molecule is CCOc1ccc(N2CC(C(=O)OCC(=O)Nc3ccc(Cl)c([N+](=O)[O-])c3)CC2=O)cc1. The summed E-state index contributed by atoms with van der Waals surface area (Å²) in [6.07, 6.45) is -0.0307. The molecule has 3 rings (SSSR count). The highest BCUT2D eigenvalue weighted by molar-refractivity contribution is 6.32. The van der Waals surface area contributed by atoms with E-state index in [4.69, 9.17) is 21.1 Å². The van der Waals surface area contributed by atoms with Gasteiger partial charge in [0.05, 0.1) is 17.4 Å². The van der Waals surface area contributed by atoms with Crippen LogP contribution in [0.2, 0.25) is 5.02 Å². The van der Waals surface area contributed by atoms with Crippen LogP contribution >= 0.6 is 11.6 Å². The highest BCUT2D eigenvalue weighted by atomic mass is 35.5. The number of rotatable bonds is 8. The van der Waals surface area contributed by atoms with Gasteiger partial charge >= 0.3 is 5.97 Å². The van der Waals surface area contributed by atoms with E-state index < -0.39 is 29.3 Å². The minimum atomic E-state index is -0.710. The summed E-state index contributed by atoms with van der Waals surface area (Å²) in [7, 11) is 0. The number of nitrogens with one attached hydrogen (secondary N) is 1. The van der Waals surface area contributed by atoms with Crippen molar-refractivity contribution < 1.29 is 28.8 Å². The van der Waals surface area contributed by atoms with E-state index in [-0.39, 0.29) is 35.3 Å². The van der Waals surface area contributed by atoms with E-state index in [1.165, 1.54) is 17.0 Å². The van der Waals surface area contributed by atoms with Gasteiger partial charge in [-0.2, -0.15) is 0 Å². The summed E-state index contributed by atoms with van der Waals surface area (Å²) in [6, 6.07) is 10.7. The van der Waals surface area contributed by atoms with Gasteiger partial charge in [0.2, 0.25) is 5.91 Å². The van der Waals surface area contributed by atoms with Gasteiger partial charge in [-0.25, -0.2) is 0 Å². The fourth-order valence-electron chi connectivity index (χ4n) is 3.19. The molecular weight excluding hydrogens is 442 g/mol. The quantitative estimate of drug-likeness (QED) is 0.363. The van der Waals surface area contributed by atoms with Crippen LogP contribution in [-0.4, -0.2) is 42.5 Å². The molecule has 1 atom stereocenters. The number of nitro benzene ring substituents is 1. The number of nitrogens with zero attached hydrogens (tertiary/aromatic N) is 2. The molecule has 0 bridgehead atoms. The number of amides is 2. The first-order chi connectivity index (χ1) is 15.3. The van der Waals surface area contributed by atoms with E-state index in [2.05, 4.69) is 5.32 Å². The largest absolute Gasteiger partial charge is 0.494 e. The van der Waals surface area contributed by atoms with Crippen molar-refractivity contribution in [3.63, 3.8) is 0 Å². The number of anilines is 2. The fourth-order valence-corrected chi connectivity index (χ4v) is 3.37. The van der Waals surface area contributed by atoms with E-state index in [0.717, 1.165) is 6.07 Å². The Bertz CT molecular complexity index is 1040. The average Bonchev–Trinajstić information content (AvgIpc) is 3.15. The van der Waals surface area contributed by atoms with Gasteiger partial charge in [-0.1, -0.05) is 11.6 Å². The number of carbonyl (C=O) groups excluding carboxylic acids is 3. The smallest absolute Gasteiger partial charge is 0.311 e. The van der Waals surface area contributed by atoms with Crippen molar-refractivity contribution in [3.8, 4) is 5.75 Å². The van der Waals surface area contributed by atoms with Crippen LogP contribution in [0.5, 0.6) is 5.75 Å². The Balaban J connectivity index is 1.53. The third-order valence-corrected chi connectivity index (χ3v) is 5.01. The summed E-state index contributed by atoms with van der Waals surface area (Å²) in [6.45, 7) is 1.94. The second kappa shape index (κ2) is 10.1. The Morgan fingerprint density at radius 3 is 2.62 bits per heavy atom. The predicted octanol–water partition coefficient (Wildman–Crippen LogP) is 3.18. The summed E-state index contributed by atoms with van der Waals surface area (Å²) in [4.78, 5) is 48.5. The molecule has 1 N–H and O–H groups in total. The Morgan fingerprint density at radius 2 is 1.97 bits per heavy atom. The molecule has 2 aromatic carbocycles. The zero-order valence-corrected chi connectivity index (χ0v) is 17.8. The van der Waals surface area contributed by atoms with Crippen LogP contribution in [0, 0.1) is 16.0 Å². The first kappa shape index (κ1) is 23.0. The number of benzene rings is 2. The van der Waals surface area contributed by atoms with Crippen molar-refractivity contribution in [1.29, 1.82) is 0 Å². The molecule has 32 heavy (non-hydrogen) atoms. The van der Waals surface area contributed by atoms with Crippen molar-refractivity contribution in [2.45, 2.75) is 13.3 Å². The molecular formula is C21H20ClN3O7. The molecule has 0 aromatic heterocycles. The Labute approximate surface area is 188 Å². The van der Waals surface area contributed by atoms with E-state index in [1.807, 2.05) is 6.92 Å². The third kappa shape index (κ3) is 5.52. The number of ether oxygens (including phenoxy) is 2. The van der Waals surface area contributed by atoms with Crippen LogP contribution in [-0.2, 0) is 19.1 Å². The summed E-state index contributed by atoms with van der Waals surface area (Å²) < 4.78 is 10.4. The minimum absolute atomic E-state index is 0.0307. The van der Waals surface area contributed by atoms with E-state index in [9.17, 15) is 24.5 Å². The molecule has 2 aromatic rings. The Hall–Kier alpha value is -3.66. The zero-order valence-electron chi connectivity index (χ0n) is 17.1. The normalized spacial score (nSPS) is 15.4. The maximum atomic E-state index is 12.3. The highest BCUT2D eigenvalue weighted by Gasteiger charge is 2.36. The zero-order chi connectivity index (χ0) is 23.3. The second-order valence-electron chi connectivity index (χ2n) is 6.91. The van der Waals surface area contributed by atoms with Crippen molar-refractivity contribution in [1.82, 2.24) is 0 Å². The molecule has 1 unspecified atom stereocenters. The molecule has 11 heteroatoms. The van der Waals surface area contributed by atoms with Gasteiger partial charge < -0.3 is 19.7 Å². The first-order valence-electron chi connectivity index (χ1n) is 9.72. The molecule has 1 aliphatic heterocycles. The first-order valence-corrected chi connectivity index (χ1v) is 10.1. The van der Waals surface area contributed by atoms with E-state index >= 15 is 0 Å². The number of halogens is 1. The molecule has 0 saturated carbocycles. The number of esters is 1. The topological polar surface area (TPSA) is 128 Å². The summed E-state index contributed by atoms with van der Waals surface area (Å²) in [5, 5.41) is 13.3. The van der Waals surface area contributed by atoms with Gasteiger partial charge in [0.15, 0.2) is 6.61 Å². The van der Waals surface area contributed by atoms with Gasteiger partial charge in [-0.3, -0.25) is 24.5 Å². The number of hydrogen-bond acceptors (Lipinski definition) is 7. The molecule has 0 spiro atoms. The maximum absolute atomic E-state index is 12.3. The van der Waals surface area contributed by atoms with Crippen LogP contribution in [0.15, 0.2) is 42.5 Å². The van der Waals surface area contributed by atoms with Crippen molar-refractivity contribution in [3.05, 3.63) is 57.6 Å². The monoisotopic (exact) mass is 461 g/mol. The molecule has 1 aliphatic rings.